The van der Waals surface area contributed by atoms with Crippen molar-refractivity contribution in [2.75, 3.05) is 25.3 Å². The van der Waals surface area contributed by atoms with Crippen molar-refractivity contribution >= 4 is 23.5 Å². The van der Waals surface area contributed by atoms with Crippen LogP contribution in [-0.2, 0) is 19.1 Å². The number of carbonyl (C=O) groups is 3. The Labute approximate surface area is 166 Å². The van der Waals surface area contributed by atoms with Crippen molar-refractivity contribution < 1.29 is 33.3 Å². The summed E-state index contributed by atoms with van der Waals surface area (Å²) >= 11 is 0. The molecular weight excluding hydrogens is 380 g/mol. The third-order valence-electron chi connectivity index (χ3n) is 3.85. The van der Waals surface area contributed by atoms with Crippen LogP contribution >= 0.6 is 0 Å². The zero-order valence-corrected chi connectivity index (χ0v) is 15.7. The molecule has 0 saturated heterocycles. The van der Waals surface area contributed by atoms with Crippen molar-refractivity contribution in [3.05, 3.63) is 48.5 Å². The van der Waals surface area contributed by atoms with Crippen molar-refractivity contribution in [2.45, 2.75) is 13.0 Å². The number of hydrogen-bond acceptors (Lipinski definition) is 7. The molecule has 1 atom stereocenters. The minimum Gasteiger partial charge on any atom is -0.484 e. The predicted octanol–water partition coefficient (Wildman–Crippen LogP) is 1.48. The molecule has 1 aliphatic heterocycles. The first-order valence-electron chi connectivity index (χ1n) is 8.84. The highest BCUT2D eigenvalue weighted by Gasteiger charge is 2.19. The van der Waals surface area contributed by atoms with Crippen LogP contribution in [0.15, 0.2) is 48.5 Å². The Morgan fingerprint density at radius 2 is 1.76 bits per heavy atom. The standard InChI is InChI=1S/C20H20N2O7/c1-13(21-18(23)10-26-15-5-3-2-4-6-15)20(25)27-11-19(24)22-14-7-8-16-17(9-14)29-12-28-16/h2-9,13H,10-12H2,1H3,(H,21,23)(H,22,24). The predicted molar refractivity (Wildman–Crippen MR) is 102 cm³/mol. The summed E-state index contributed by atoms with van der Waals surface area (Å²) in [5.74, 6) is -0.0904. The molecule has 9 heteroatoms. The molecule has 1 aliphatic rings. The zero-order valence-electron chi connectivity index (χ0n) is 15.7. The van der Waals surface area contributed by atoms with E-state index in [9.17, 15) is 14.4 Å². The molecule has 1 unspecified atom stereocenters. The quantitative estimate of drug-likeness (QED) is 0.646. The minimum atomic E-state index is -0.930. The molecule has 3 rings (SSSR count). The second-order valence-electron chi connectivity index (χ2n) is 6.11. The number of benzene rings is 2. The molecule has 29 heavy (non-hydrogen) atoms. The fraction of sp³-hybridized carbons (Fsp3) is 0.250. The largest absolute Gasteiger partial charge is 0.484 e. The third-order valence-corrected chi connectivity index (χ3v) is 3.85. The minimum absolute atomic E-state index is 0.129. The van der Waals surface area contributed by atoms with E-state index < -0.39 is 30.4 Å². The van der Waals surface area contributed by atoms with Crippen LogP contribution in [0.4, 0.5) is 5.69 Å². The lowest BCUT2D eigenvalue weighted by atomic mass is 10.3. The third kappa shape index (κ3) is 5.86. The summed E-state index contributed by atoms with van der Waals surface area (Å²) in [6.07, 6.45) is 0. The summed E-state index contributed by atoms with van der Waals surface area (Å²) in [5, 5.41) is 5.04. The molecule has 9 nitrogen and oxygen atoms in total. The van der Waals surface area contributed by atoms with E-state index in [2.05, 4.69) is 10.6 Å². The number of hydrogen-bond donors (Lipinski definition) is 2. The van der Waals surface area contributed by atoms with Crippen LogP contribution in [-0.4, -0.2) is 43.8 Å². The van der Waals surface area contributed by atoms with Gasteiger partial charge < -0.3 is 29.6 Å². The van der Waals surface area contributed by atoms with Gasteiger partial charge in [-0.05, 0) is 31.2 Å². The Morgan fingerprint density at radius 3 is 2.55 bits per heavy atom. The molecule has 0 aromatic heterocycles. The maximum absolute atomic E-state index is 12.0. The zero-order chi connectivity index (χ0) is 20.6. The monoisotopic (exact) mass is 400 g/mol. The van der Waals surface area contributed by atoms with Crippen LogP contribution in [0.25, 0.3) is 0 Å². The Kier molecular flexibility index (Phi) is 6.51. The highest BCUT2D eigenvalue weighted by Crippen LogP contribution is 2.34. The van der Waals surface area contributed by atoms with Gasteiger partial charge in [-0.1, -0.05) is 18.2 Å². The first-order chi connectivity index (χ1) is 14.0. The summed E-state index contributed by atoms with van der Waals surface area (Å²) in [6.45, 7) is 0.850. The van der Waals surface area contributed by atoms with E-state index in [1.165, 1.54) is 6.92 Å². The van der Waals surface area contributed by atoms with Crippen LogP contribution in [0, 0.1) is 0 Å². The van der Waals surface area contributed by atoms with Crippen molar-refractivity contribution in [1.82, 2.24) is 5.32 Å². The number of anilines is 1. The fourth-order valence-corrected chi connectivity index (χ4v) is 2.44. The number of rotatable bonds is 8. The Balaban J connectivity index is 1.37. The summed E-state index contributed by atoms with van der Waals surface area (Å²) in [6, 6.07) is 12.8. The van der Waals surface area contributed by atoms with Gasteiger partial charge in [0.1, 0.15) is 11.8 Å². The molecule has 152 valence electrons. The molecule has 2 N–H and O–H groups in total. The first kappa shape index (κ1) is 20.0. The van der Waals surface area contributed by atoms with Crippen LogP contribution in [0.1, 0.15) is 6.92 Å². The SMILES string of the molecule is CC(NC(=O)COc1ccccc1)C(=O)OCC(=O)Nc1ccc2c(c1)OCO2. The van der Waals surface area contributed by atoms with Gasteiger partial charge in [-0.3, -0.25) is 9.59 Å². The van der Waals surface area contributed by atoms with Gasteiger partial charge in [0, 0.05) is 11.8 Å². The van der Waals surface area contributed by atoms with Crippen molar-refractivity contribution in [2.24, 2.45) is 0 Å². The lowest BCUT2D eigenvalue weighted by Crippen LogP contribution is -2.42. The molecular formula is C20H20N2O7. The van der Waals surface area contributed by atoms with Gasteiger partial charge in [-0.25, -0.2) is 4.79 Å². The van der Waals surface area contributed by atoms with Gasteiger partial charge in [0.2, 0.25) is 6.79 Å². The summed E-state index contributed by atoms with van der Waals surface area (Å²) in [7, 11) is 0. The van der Waals surface area contributed by atoms with Gasteiger partial charge in [-0.15, -0.1) is 0 Å². The fourth-order valence-electron chi connectivity index (χ4n) is 2.44. The summed E-state index contributed by atoms with van der Waals surface area (Å²) < 4.78 is 20.6. The van der Waals surface area contributed by atoms with E-state index >= 15 is 0 Å². The van der Waals surface area contributed by atoms with Gasteiger partial charge >= 0.3 is 5.97 Å². The van der Waals surface area contributed by atoms with Gasteiger partial charge in [-0.2, -0.15) is 0 Å². The van der Waals surface area contributed by atoms with Gasteiger partial charge in [0.25, 0.3) is 11.8 Å². The lowest BCUT2D eigenvalue weighted by Gasteiger charge is -2.14. The van der Waals surface area contributed by atoms with Gasteiger partial charge in [0.15, 0.2) is 24.7 Å². The maximum atomic E-state index is 12.0. The normalized spacial score (nSPS) is 12.6. The lowest BCUT2D eigenvalue weighted by molar-refractivity contribution is -0.150. The summed E-state index contributed by atoms with van der Waals surface area (Å²) in [5.41, 5.74) is 0.481. The maximum Gasteiger partial charge on any atom is 0.328 e. The molecule has 2 aromatic carbocycles. The van der Waals surface area contributed by atoms with Crippen LogP contribution in [0.5, 0.6) is 17.2 Å². The van der Waals surface area contributed by atoms with Crippen molar-refractivity contribution in [1.29, 1.82) is 0 Å². The number of fused-ring (bicyclic) bond motifs is 1. The average molecular weight is 400 g/mol. The van der Waals surface area contributed by atoms with Crippen LogP contribution < -0.4 is 24.8 Å². The molecule has 0 bridgehead atoms. The highest BCUT2D eigenvalue weighted by atomic mass is 16.7. The van der Waals surface area contributed by atoms with E-state index in [1.807, 2.05) is 6.07 Å². The van der Waals surface area contributed by atoms with Gasteiger partial charge in [0.05, 0.1) is 0 Å². The number of ether oxygens (including phenoxy) is 4. The molecule has 0 spiro atoms. The molecule has 0 aliphatic carbocycles. The van der Waals surface area contributed by atoms with E-state index in [0.717, 1.165) is 0 Å². The average Bonchev–Trinajstić information content (AvgIpc) is 3.19. The number of para-hydroxylation sites is 1. The number of amides is 2. The number of carbonyl (C=O) groups excluding carboxylic acids is 3. The second-order valence-corrected chi connectivity index (χ2v) is 6.11. The molecule has 0 fully saturated rings. The van der Waals surface area contributed by atoms with E-state index in [1.54, 1.807) is 42.5 Å². The second kappa shape index (κ2) is 9.45. The topological polar surface area (TPSA) is 112 Å². The van der Waals surface area contributed by atoms with E-state index in [4.69, 9.17) is 18.9 Å². The highest BCUT2D eigenvalue weighted by molar-refractivity contribution is 5.93. The Bertz CT molecular complexity index is 886. The Hall–Kier alpha value is -3.75. The molecule has 0 saturated carbocycles. The first-order valence-corrected chi connectivity index (χ1v) is 8.84. The molecule has 2 aromatic rings. The van der Waals surface area contributed by atoms with Crippen LogP contribution in [0.3, 0.4) is 0 Å². The molecule has 0 radical (unpaired) electrons. The Morgan fingerprint density at radius 1 is 1.00 bits per heavy atom. The van der Waals surface area contributed by atoms with Crippen molar-refractivity contribution in [3.8, 4) is 17.2 Å². The summed E-state index contributed by atoms with van der Waals surface area (Å²) in [4.78, 5) is 35.8. The van der Waals surface area contributed by atoms with E-state index in [0.29, 0.717) is 22.9 Å². The van der Waals surface area contributed by atoms with E-state index in [-0.39, 0.29) is 13.4 Å². The number of nitrogens with one attached hydrogen (secondary N) is 2. The number of esters is 1. The smallest absolute Gasteiger partial charge is 0.328 e. The van der Waals surface area contributed by atoms with Crippen LogP contribution in [0.2, 0.25) is 0 Å². The van der Waals surface area contributed by atoms with Crippen molar-refractivity contribution in [3.63, 3.8) is 0 Å². The molecule has 2 amide bonds. The molecule has 1 heterocycles.